The molecule has 0 unspecified atom stereocenters. The molecule has 1 amide bonds. The number of carbonyl (C=O) groups excluding carboxylic acids is 1. The first-order chi connectivity index (χ1) is 14.0. The Hall–Kier alpha value is -3.82. The summed E-state index contributed by atoms with van der Waals surface area (Å²) in [5.41, 5.74) is 2.98. The van der Waals surface area contributed by atoms with Crippen molar-refractivity contribution >= 4 is 23.5 Å². The largest absolute Gasteiger partial charge is 0.494 e. The van der Waals surface area contributed by atoms with E-state index in [4.69, 9.17) is 14.2 Å². The molecule has 29 heavy (non-hydrogen) atoms. The standard InChI is InChI=1S/C19H22N4O6/c1-4-29-15-7-5-14(6-8-15)20-12-19(24)22-21-11-13-9-17(27-2)18(28-3)10-16(13)23(25)26/h5-11,20H,4,12H2,1-3H3,(H,22,24). The quantitative estimate of drug-likeness (QED) is 0.355. The van der Waals surface area contributed by atoms with E-state index in [0.717, 1.165) is 11.4 Å². The van der Waals surface area contributed by atoms with E-state index in [9.17, 15) is 14.9 Å². The van der Waals surface area contributed by atoms with Crippen LogP contribution in [0.5, 0.6) is 17.2 Å². The number of nitro groups is 1. The van der Waals surface area contributed by atoms with Crippen LogP contribution in [0.25, 0.3) is 0 Å². The third-order valence-electron chi connectivity index (χ3n) is 3.74. The molecule has 0 aromatic heterocycles. The van der Waals surface area contributed by atoms with Gasteiger partial charge in [-0.1, -0.05) is 0 Å². The highest BCUT2D eigenvalue weighted by molar-refractivity contribution is 5.88. The summed E-state index contributed by atoms with van der Waals surface area (Å²) in [5.74, 6) is 0.852. The normalized spacial score (nSPS) is 10.4. The van der Waals surface area contributed by atoms with Crippen LogP contribution in [0, 0.1) is 10.1 Å². The van der Waals surface area contributed by atoms with Crippen molar-refractivity contribution in [2.75, 3.05) is 32.7 Å². The number of ether oxygens (including phenoxy) is 3. The molecule has 2 N–H and O–H groups in total. The van der Waals surface area contributed by atoms with Gasteiger partial charge in [0.25, 0.3) is 11.6 Å². The zero-order valence-electron chi connectivity index (χ0n) is 16.3. The predicted octanol–water partition coefficient (Wildman–Crippen LogP) is 2.57. The number of methoxy groups -OCH3 is 2. The molecule has 0 atom stereocenters. The van der Waals surface area contributed by atoms with Crippen LogP contribution < -0.4 is 25.0 Å². The van der Waals surface area contributed by atoms with Gasteiger partial charge in [0.1, 0.15) is 5.75 Å². The number of hydrogen-bond donors (Lipinski definition) is 2. The fourth-order valence-electron chi connectivity index (χ4n) is 2.38. The molecule has 2 rings (SSSR count). The Balaban J connectivity index is 1.97. The van der Waals surface area contributed by atoms with Crippen LogP contribution in [0.2, 0.25) is 0 Å². The molecule has 0 saturated heterocycles. The predicted molar refractivity (Wildman–Crippen MR) is 108 cm³/mol. The molecule has 2 aromatic carbocycles. The monoisotopic (exact) mass is 402 g/mol. The lowest BCUT2D eigenvalue weighted by atomic mass is 10.1. The van der Waals surface area contributed by atoms with Gasteiger partial charge in [-0.2, -0.15) is 5.10 Å². The van der Waals surface area contributed by atoms with E-state index in [2.05, 4.69) is 15.8 Å². The smallest absolute Gasteiger partial charge is 0.282 e. The molecule has 154 valence electrons. The molecule has 0 fully saturated rings. The Morgan fingerprint density at radius 1 is 1.17 bits per heavy atom. The van der Waals surface area contributed by atoms with Crippen molar-refractivity contribution in [3.05, 3.63) is 52.1 Å². The van der Waals surface area contributed by atoms with Crippen LogP contribution in [0.1, 0.15) is 12.5 Å². The van der Waals surface area contributed by atoms with Gasteiger partial charge in [0.15, 0.2) is 11.5 Å². The van der Waals surface area contributed by atoms with Gasteiger partial charge in [0.2, 0.25) is 0 Å². The van der Waals surface area contributed by atoms with Gasteiger partial charge < -0.3 is 19.5 Å². The Bertz CT molecular complexity index is 883. The van der Waals surface area contributed by atoms with Gasteiger partial charge in [-0.15, -0.1) is 0 Å². The third-order valence-corrected chi connectivity index (χ3v) is 3.74. The maximum Gasteiger partial charge on any atom is 0.282 e. The highest BCUT2D eigenvalue weighted by Gasteiger charge is 2.18. The van der Waals surface area contributed by atoms with Crippen LogP contribution in [0.4, 0.5) is 11.4 Å². The number of rotatable bonds is 10. The van der Waals surface area contributed by atoms with Crippen molar-refractivity contribution in [2.24, 2.45) is 5.10 Å². The molecular weight excluding hydrogens is 380 g/mol. The summed E-state index contributed by atoms with van der Waals surface area (Å²) in [4.78, 5) is 22.6. The molecule has 0 saturated carbocycles. The zero-order chi connectivity index (χ0) is 21.2. The third kappa shape index (κ3) is 6.09. The van der Waals surface area contributed by atoms with Crippen molar-refractivity contribution in [2.45, 2.75) is 6.92 Å². The van der Waals surface area contributed by atoms with Crippen molar-refractivity contribution in [3.8, 4) is 17.2 Å². The number of anilines is 1. The van der Waals surface area contributed by atoms with E-state index in [-0.39, 0.29) is 23.5 Å². The number of nitrogens with zero attached hydrogens (tertiary/aromatic N) is 2. The Kier molecular flexibility index (Phi) is 7.78. The zero-order valence-corrected chi connectivity index (χ0v) is 16.3. The van der Waals surface area contributed by atoms with Gasteiger partial charge in [0, 0.05) is 5.69 Å². The molecule has 10 nitrogen and oxygen atoms in total. The maximum absolute atomic E-state index is 11.9. The molecule has 0 heterocycles. The topological polar surface area (TPSA) is 124 Å². The second-order valence-corrected chi connectivity index (χ2v) is 5.63. The van der Waals surface area contributed by atoms with Crippen LogP contribution in [-0.4, -0.2) is 44.4 Å². The minimum absolute atomic E-state index is 0.0284. The molecule has 0 aliphatic heterocycles. The van der Waals surface area contributed by atoms with Crippen LogP contribution in [-0.2, 0) is 4.79 Å². The van der Waals surface area contributed by atoms with Crippen molar-refractivity contribution in [1.29, 1.82) is 0 Å². The molecule has 2 aromatic rings. The van der Waals surface area contributed by atoms with E-state index < -0.39 is 10.8 Å². The summed E-state index contributed by atoms with van der Waals surface area (Å²) in [6.45, 7) is 2.44. The number of hydrogen-bond acceptors (Lipinski definition) is 8. The van der Waals surface area contributed by atoms with Crippen LogP contribution in [0.15, 0.2) is 41.5 Å². The molecule has 10 heteroatoms. The minimum atomic E-state index is -0.571. The number of hydrazone groups is 1. The molecule has 0 radical (unpaired) electrons. The van der Waals surface area contributed by atoms with Gasteiger partial charge in [0.05, 0.1) is 50.1 Å². The minimum Gasteiger partial charge on any atom is -0.494 e. The van der Waals surface area contributed by atoms with Gasteiger partial charge in [-0.05, 0) is 37.3 Å². The lowest BCUT2D eigenvalue weighted by molar-refractivity contribution is -0.385. The number of benzene rings is 2. The first-order valence-electron chi connectivity index (χ1n) is 8.67. The molecule has 0 aliphatic rings. The lowest BCUT2D eigenvalue weighted by Crippen LogP contribution is -2.25. The van der Waals surface area contributed by atoms with E-state index in [0.29, 0.717) is 12.4 Å². The van der Waals surface area contributed by atoms with Crippen LogP contribution >= 0.6 is 0 Å². The van der Waals surface area contributed by atoms with Gasteiger partial charge in [-0.3, -0.25) is 14.9 Å². The Labute approximate surface area is 167 Å². The summed E-state index contributed by atoms with van der Waals surface area (Å²) in [5, 5.41) is 18.0. The van der Waals surface area contributed by atoms with Crippen LogP contribution in [0.3, 0.4) is 0 Å². The fraction of sp³-hybridized carbons (Fsp3) is 0.263. The molecular formula is C19H22N4O6. The second kappa shape index (κ2) is 10.5. The summed E-state index contributed by atoms with van der Waals surface area (Å²) < 4.78 is 15.5. The van der Waals surface area contributed by atoms with Crippen molar-refractivity contribution in [3.63, 3.8) is 0 Å². The Morgan fingerprint density at radius 3 is 2.41 bits per heavy atom. The number of nitro benzene ring substituents is 1. The summed E-state index contributed by atoms with van der Waals surface area (Å²) in [6, 6.07) is 9.79. The number of carbonyl (C=O) groups is 1. The molecule has 0 spiro atoms. The van der Waals surface area contributed by atoms with Crippen molar-refractivity contribution < 1.29 is 23.9 Å². The highest BCUT2D eigenvalue weighted by atomic mass is 16.6. The van der Waals surface area contributed by atoms with Gasteiger partial charge >= 0.3 is 0 Å². The van der Waals surface area contributed by atoms with E-state index in [1.807, 2.05) is 6.92 Å². The lowest BCUT2D eigenvalue weighted by Gasteiger charge is -2.08. The van der Waals surface area contributed by atoms with Gasteiger partial charge in [-0.25, -0.2) is 5.43 Å². The first kappa shape index (κ1) is 21.5. The molecule has 0 bridgehead atoms. The number of nitrogens with one attached hydrogen (secondary N) is 2. The summed E-state index contributed by atoms with van der Waals surface area (Å²) in [7, 11) is 2.80. The van der Waals surface area contributed by atoms with E-state index in [1.54, 1.807) is 24.3 Å². The van der Waals surface area contributed by atoms with Crippen molar-refractivity contribution in [1.82, 2.24) is 5.43 Å². The number of amides is 1. The van der Waals surface area contributed by atoms with E-state index in [1.165, 1.54) is 32.6 Å². The maximum atomic E-state index is 11.9. The molecule has 0 aliphatic carbocycles. The fourth-order valence-corrected chi connectivity index (χ4v) is 2.38. The summed E-state index contributed by atoms with van der Waals surface area (Å²) >= 11 is 0. The average molecular weight is 402 g/mol. The first-order valence-corrected chi connectivity index (χ1v) is 8.67. The highest BCUT2D eigenvalue weighted by Crippen LogP contribution is 2.33. The Morgan fingerprint density at radius 2 is 1.83 bits per heavy atom. The average Bonchev–Trinajstić information content (AvgIpc) is 2.72. The SMILES string of the molecule is CCOc1ccc(NCC(=O)NN=Cc2cc(OC)c(OC)cc2[N+](=O)[O-])cc1. The van der Waals surface area contributed by atoms with E-state index >= 15 is 0 Å². The second-order valence-electron chi connectivity index (χ2n) is 5.63. The summed E-state index contributed by atoms with van der Waals surface area (Å²) in [6.07, 6.45) is 1.18.